The topological polar surface area (TPSA) is 51.2 Å². The number of nitrogens with zero attached hydrogens (tertiary/aromatic N) is 1. The number of anilines is 1. The van der Waals surface area contributed by atoms with Crippen molar-refractivity contribution in [2.24, 2.45) is 0 Å². The molecule has 0 spiro atoms. The summed E-state index contributed by atoms with van der Waals surface area (Å²) >= 11 is 6.03. The molecule has 1 amide bonds. The lowest BCUT2D eigenvalue weighted by Crippen LogP contribution is -2.13. The van der Waals surface area contributed by atoms with Gasteiger partial charge >= 0.3 is 0 Å². The third kappa shape index (κ3) is 3.55. The van der Waals surface area contributed by atoms with E-state index < -0.39 is 0 Å². The van der Waals surface area contributed by atoms with E-state index in [1.165, 1.54) is 0 Å². The van der Waals surface area contributed by atoms with Crippen molar-refractivity contribution in [3.63, 3.8) is 0 Å². The van der Waals surface area contributed by atoms with Crippen LogP contribution < -0.4 is 10.1 Å². The third-order valence-corrected chi connectivity index (χ3v) is 3.58. The van der Waals surface area contributed by atoms with Crippen LogP contribution in [0.15, 0.2) is 67.3 Å². The van der Waals surface area contributed by atoms with Crippen molar-refractivity contribution in [3.8, 4) is 5.75 Å². The summed E-state index contributed by atoms with van der Waals surface area (Å²) in [5.41, 5.74) is 1.79. The first kappa shape index (κ1) is 16.0. The number of rotatable bonds is 5. The lowest BCUT2D eigenvalue weighted by atomic mass is 10.1. The zero-order valence-electron chi connectivity index (χ0n) is 12.8. The highest BCUT2D eigenvalue weighted by atomic mass is 35.5. The molecule has 24 heavy (non-hydrogen) atoms. The van der Waals surface area contributed by atoms with E-state index in [4.69, 9.17) is 16.3 Å². The maximum atomic E-state index is 12.7. The Morgan fingerprint density at radius 3 is 2.88 bits per heavy atom. The van der Waals surface area contributed by atoms with Gasteiger partial charge in [0.25, 0.3) is 5.91 Å². The Bertz CT molecular complexity index is 909. The second-order valence-corrected chi connectivity index (χ2v) is 5.48. The molecule has 0 aliphatic heterocycles. The molecule has 5 heteroatoms. The Balaban J connectivity index is 1.89. The summed E-state index contributed by atoms with van der Waals surface area (Å²) in [7, 11) is 0. The predicted octanol–water partition coefficient (Wildman–Crippen LogP) is 4.71. The van der Waals surface area contributed by atoms with Gasteiger partial charge in [-0.15, -0.1) is 0 Å². The highest BCUT2D eigenvalue weighted by Crippen LogP contribution is 2.23. The lowest BCUT2D eigenvalue weighted by Gasteiger charge is -2.10. The largest absolute Gasteiger partial charge is 0.489 e. The maximum absolute atomic E-state index is 12.7. The molecule has 0 aliphatic rings. The molecule has 3 rings (SSSR count). The smallest absolute Gasteiger partial charge is 0.256 e. The van der Waals surface area contributed by atoms with Gasteiger partial charge in [-0.05, 0) is 24.3 Å². The highest BCUT2D eigenvalue weighted by molar-refractivity contribution is 6.30. The molecule has 3 aromatic rings. The van der Waals surface area contributed by atoms with Crippen LogP contribution in [0, 0.1) is 0 Å². The monoisotopic (exact) mass is 338 g/mol. The summed E-state index contributed by atoms with van der Waals surface area (Å²) < 4.78 is 5.47. The lowest BCUT2D eigenvalue weighted by molar-refractivity contribution is 0.102. The van der Waals surface area contributed by atoms with Crippen molar-refractivity contribution < 1.29 is 9.53 Å². The number of aromatic nitrogens is 1. The Kier molecular flexibility index (Phi) is 4.77. The normalized spacial score (nSPS) is 10.4. The maximum Gasteiger partial charge on any atom is 0.256 e. The SMILES string of the molecule is C=CCOc1cccc(NC(=O)c2cc(Cl)nc3ccccc23)c1. The molecular formula is C19H15ClN2O2. The first-order chi connectivity index (χ1) is 11.7. The van der Waals surface area contributed by atoms with Gasteiger partial charge in [0.1, 0.15) is 17.5 Å². The van der Waals surface area contributed by atoms with Gasteiger partial charge in [0.2, 0.25) is 0 Å². The minimum absolute atomic E-state index is 0.253. The molecule has 0 fully saturated rings. The fourth-order valence-electron chi connectivity index (χ4n) is 2.35. The number of ether oxygens (including phenoxy) is 1. The summed E-state index contributed by atoms with van der Waals surface area (Å²) in [6.07, 6.45) is 1.66. The summed E-state index contributed by atoms with van der Waals surface area (Å²) in [6.45, 7) is 4.02. The fraction of sp³-hybridized carbons (Fsp3) is 0.0526. The van der Waals surface area contributed by atoms with Crippen LogP contribution in [0.1, 0.15) is 10.4 Å². The third-order valence-electron chi connectivity index (χ3n) is 3.39. The van der Waals surface area contributed by atoms with E-state index in [0.717, 1.165) is 5.39 Å². The van der Waals surface area contributed by atoms with Crippen molar-refractivity contribution >= 4 is 34.1 Å². The quantitative estimate of drug-likeness (QED) is 0.541. The number of hydrogen-bond donors (Lipinski definition) is 1. The number of para-hydroxylation sites is 1. The van der Waals surface area contributed by atoms with Gasteiger partial charge in [0.15, 0.2) is 0 Å². The number of hydrogen-bond acceptors (Lipinski definition) is 3. The molecule has 0 radical (unpaired) electrons. The molecule has 0 saturated heterocycles. The van der Waals surface area contributed by atoms with Crippen molar-refractivity contribution in [3.05, 3.63) is 78.0 Å². The van der Waals surface area contributed by atoms with Crippen LogP contribution in [0.4, 0.5) is 5.69 Å². The van der Waals surface area contributed by atoms with Crippen LogP contribution in [-0.4, -0.2) is 17.5 Å². The average molecular weight is 339 g/mol. The van der Waals surface area contributed by atoms with E-state index in [2.05, 4.69) is 16.9 Å². The Hall–Kier alpha value is -2.85. The van der Waals surface area contributed by atoms with Gasteiger partial charge in [0.05, 0.1) is 11.1 Å². The van der Waals surface area contributed by atoms with Crippen LogP contribution >= 0.6 is 11.6 Å². The van der Waals surface area contributed by atoms with Crippen molar-refractivity contribution in [2.45, 2.75) is 0 Å². The number of carbonyl (C=O) groups is 1. The fourth-order valence-corrected chi connectivity index (χ4v) is 2.55. The van der Waals surface area contributed by atoms with Crippen LogP contribution in [0.5, 0.6) is 5.75 Å². The van der Waals surface area contributed by atoms with Crippen molar-refractivity contribution in [1.29, 1.82) is 0 Å². The number of fused-ring (bicyclic) bond motifs is 1. The summed E-state index contributed by atoms with van der Waals surface area (Å²) in [5, 5.41) is 3.89. The number of benzene rings is 2. The number of carbonyl (C=O) groups excluding carboxylic acids is 1. The van der Waals surface area contributed by atoms with Crippen molar-refractivity contribution in [1.82, 2.24) is 4.98 Å². The van der Waals surface area contributed by atoms with E-state index in [-0.39, 0.29) is 11.1 Å². The zero-order chi connectivity index (χ0) is 16.9. The number of amides is 1. The second kappa shape index (κ2) is 7.15. The van der Waals surface area contributed by atoms with E-state index in [0.29, 0.717) is 29.1 Å². The van der Waals surface area contributed by atoms with E-state index in [1.54, 1.807) is 24.3 Å². The van der Waals surface area contributed by atoms with Crippen LogP contribution in [-0.2, 0) is 0 Å². The van der Waals surface area contributed by atoms with Gasteiger partial charge in [-0.2, -0.15) is 0 Å². The van der Waals surface area contributed by atoms with Gasteiger partial charge in [-0.1, -0.05) is 48.5 Å². The molecule has 0 aliphatic carbocycles. The highest BCUT2D eigenvalue weighted by Gasteiger charge is 2.13. The zero-order valence-corrected chi connectivity index (χ0v) is 13.6. The van der Waals surface area contributed by atoms with E-state index in [1.807, 2.05) is 36.4 Å². The Morgan fingerprint density at radius 2 is 2.04 bits per heavy atom. The van der Waals surface area contributed by atoms with E-state index in [9.17, 15) is 4.79 Å². The molecule has 0 atom stereocenters. The molecule has 120 valence electrons. The first-order valence-electron chi connectivity index (χ1n) is 7.38. The van der Waals surface area contributed by atoms with Gasteiger partial charge < -0.3 is 10.1 Å². The molecule has 4 nitrogen and oxygen atoms in total. The minimum atomic E-state index is -0.253. The Labute approximate surface area is 144 Å². The van der Waals surface area contributed by atoms with Gasteiger partial charge in [-0.25, -0.2) is 4.98 Å². The van der Waals surface area contributed by atoms with Crippen LogP contribution in [0.25, 0.3) is 10.9 Å². The molecule has 0 saturated carbocycles. The predicted molar refractivity (Wildman–Crippen MR) is 96.8 cm³/mol. The molecular weight excluding hydrogens is 324 g/mol. The Morgan fingerprint density at radius 1 is 1.21 bits per heavy atom. The standard InChI is InChI=1S/C19H15ClN2O2/c1-2-10-24-14-7-5-6-13(11-14)21-19(23)16-12-18(20)22-17-9-4-3-8-15(16)17/h2-9,11-12H,1,10H2,(H,21,23). The number of halogens is 1. The average Bonchev–Trinajstić information content (AvgIpc) is 2.59. The van der Waals surface area contributed by atoms with Gasteiger partial charge in [-0.3, -0.25) is 4.79 Å². The van der Waals surface area contributed by atoms with E-state index >= 15 is 0 Å². The summed E-state index contributed by atoms with van der Waals surface area (Å²) in [4.78, 5) is 16.9. The number of nitrogens with one attached hydrogen (secondary N) is 1. The summed E-state index contributed by atoms with van der Waals surface area (Å²) in [6, 6.07) is 16.1. The van der Waals surface area contributed by atoms with Crippen molar-refractivity contribution in [2.75, 3.05) is 11.9 Å². The first-order valence-corrected chi connectivity index (χ1v) is 7.75. The molecule has 2 aromatic carbocycles. The summed E-state index contributed by atoms with van der Waals surface area (Å²) in [5.74, 6) is 0.404. The molecule has 0 unspecified atom stereocenters. The molecule has 1 aromatic heterocycles. The van der Waals surface area contributed by atoms with Crippen LogP contribution in [0.3, 0.4) is 0 Å². The minimum Gasteiger partial charge on any atom is -0.489 e. The second-order valence-electron chi connectivity index (χ2n) is 5.09. The number of pyridine rings is 1. The molecule has 1 N–H and O–H groups in total. The molecule has 1 heterocycles. The van der Waals surface area contributed by atoms with Crippen LogP contribution in [0.2, 0.25) is 5.15 Å². The molecule has 0 bridgehead atoms. The van der Waals surface area contributed by atoms with Gasteiger partial charge in [0, 0.05) is 17.1 Å².